The van der Waals surface area contributed by atoms with E-state index < -0.39 is 17.6 Å². The lowest BCUT2D eigenvalue weighted by atomic mass is 10.0. The Morgan fingerprint density at radius 3 is 1.97 bits per heavy atom. The normalized spacial score (nSPS) is 13.9. The Morgan fingerprint density at radius 1 is 0.742 bits per heavy atom. The van der Waals surface area contributed by atoms with Crippen LogP contribution in [0.25, 0.3) is 5.57 Å². The van der Waals surface area contributed by atoms with Crippen molar-refractivity contribution in [2.75, 3.05) is 10.2 Å². The number of nitrogens with one attached hydrogen (secondary N) is 1. The van der Waals surface area contributed by atoms with Gasteiger partial charge in [0.1, 0.15) is 11.5 Å². The number of carbonyl (C=O) groups excluding carboxylic acids is 2. The highest BCUT2D eigenvalue weighted by Gasteiger charge is 2.40. The van der Waals surface area contributed by atoms with E-state index in [0.29, 0.717) is 11.3 Å². The number of nitrogens with zero attached hydrogens (tertiary/aromatic N) is 1. The fraction of sp³-hybridized carbons (Fsp3) is 0.154. The van der Waals surface area contributed by atoms with Crippen LogP contribution in [0.3, 0.4) is 0 Å². The summed E-state index contributed by atoms with van der Waals surface area (Å²) in [5, 5.41) is 3.18. The topological polar surface area (TPSA) is 49.4 Å². The maximum atomic E-state index is 13.5. The standard InChI is InChI=1S/C26H23FN2O2/c1-15-5-11-21(17(3)13-15)28-24-23(19-7-9-20(27)10-8-19)25(30)29(26(24)31)22-12-6-16(2)14-18(22)4/h5-14,28H,1-4H3. The summed E-state index contributed by atoms with van der Waals surface area (Å²) >= 11 is 0. The minimum absolute atomic E-state index is 0.184. The van der Waals surface area contributed by atoms with E-state index in [-0.39, 0.29) is 11.3 Å². The van der Waals surface area contributed by atoms with Crippen LogP contribution in [0.5, 0.6) is 0 Å². The van der Waals surface area contributed by atoms with E-state index in [1.54, 1.807) is 6.07 Å². The Bertz CT molecular complexity index is 1240. The molecule has 0 fully saturated rings. The lowest BCUT2D eigenvalue weighted by Gasteiger charge is -2.18. The molecule has 0 saturated carbocycles. The molecule has 31 heavy (non-hydrogen) atoms. The minimum Gasteiger partial charge on any atom is -0.350 e. The van der Waals surface area contributed by atoms with Crippen molar-refractivity contribution in [2.45, 2.75) is 27.7 Å². The zero-order valence-corrected chi connectivity index (χ0v) is 17.9. The van der Waals surface area contributed by atoms with Gasteiger partial charge in [-0.25, -0.2) is 9.29 Å². The fourth-order valence-electron chi connectivity index (χ4n) is 3.89. The number of imide groups is 1. The number of anilines is 2. The van der Waals surface area contributed by atoms with E-state index in [1.807, 2.05) is 58.0 Å². The van der Waals surface area contributed by atoms with Crippen LogP contribution in [0.2, 0.25) is 0 Å². The molecule has 156 valence electrons. The van der Waals surface area contributed by atoms with Gasteiger partial charge in [-0.1, -0.05) is 47.5 Å². The van der Waals surface area contributed by atoms with E-state index in [9.17, 15) is 14.0 Å². The minimum atomic E-state index is -0.434. The number of aryl methyl sites for hydroxylation is 4. The van der Waals surface area contributed by atoms with Gasteiger partial charge in [-0.3, -0.25) is 9.59 Å². The number of halogens is 1. The second kappa shape index (κ2) is 7.84. The molecule has 0 atom stereocenters. The van der Waals surface area contributed by atoms with Gasteiger partial charge in [0, 0.05) is 5.69 Å². The van der Waals surface area contributed by atoms with Gasteiger partial charge in [0.05, 0.1) is 11.3 Å². The molecule has 4 rings (SSSR count). The molecule has 3 aromatic rings. The van der Waals surface area contributed by atoms with Gasteiger partial charge in [0.25, 0.3) is 11.8 Å². The van der Waals surface area contributed by atoms with Crippen LogP contribution < -0.4 is 10.2 Å². The van der Waals surface area contributed by atoms with Crippen molar-refractivity contribution in [1.29, 1.82) is 0 Å². The van der Waals surface area contributed by atoms with E-state index in [1.165, 1.54) is 29.2 Å². The van der Waals surface area contributed by atoms with E-state index in [2.05, 4.69) is 5.32 Å². The molecule has 0 aromatic heterocycles. The molecule has 5 heteroatoms. The van der Waals surface area contributed by atoms with Crippen LogP contribution in [0.4, 0.5) is 15.8 Å². The van der Waals surface area contributed by atoms with E-state index in [4.69, 9.17) is 0 Å². The smallest absolute Gasteiger partial charge is 0.282 e. The summed E-state index contributed by atoms with van der Waals surface area (Å²) in [6.07, 6.45) is 0. The van der Waals surface area contributed by atoms with Crippen molar-refractivity contribution in [1.82, 2.24) is 0 Å². The Morgan fingerprint density at radius 2 is 1.35 bits per heavy atom. The molecule has 1 aliphatic rings. The highest BCUT2D eigenvalue weighted by Crippen LogP contribution is 2.35. The fourth-order valence-corrected chi connectivity index (χ4v) is 3.89. The van der Waals surface area contributed by atoms with Gasteiger partial charge < -0.3 is 5.32 Å². The SMILES string of the molecule is Cc1ccc(NC2=C(c3ccc(F)cc3)C(=O)N(c3ccc(C)cc3C)C2=O)c(C)c1. The first-order valence-corrected chi connectivity index (χ1v) is 10.1. The molecular weight excluding hydrogens is 391 g/mol. The third-order valence-corrected chi connectivity index (χ3v) is 5.45. The third kappa shape index (κ3) is 3.75. The molecule has 1 heterocycles. The maximum Gasteiger partial charge on any atom is 0.282 e. The van der Waals surface area contributed by atoms with Gasteiger partial charge in [-0.15, -0.1) is 0 Å². The van der Waals surface area contributed by atoms with Crippen LogP contribution >= 0.6 is 0 Å². The lowest BCUT2D eigenvalue weighted by molar-refractivity contribution is -0.120. The molecule has 4 nitrogen and oxygen atoms in total. The Balaban J connectivity index is 1.85. The summed E-state index contributed by atoms with van der Waals surface area (Å²) in [6.45, 7) is 7.76. The van der Waals surface area contributed by atoms with E-state index >= 15 is 0 Å². The van der Waals surface area contributed by atoms with Gasteiger partial charge in [0.2, 0.25) is 0 Å². The zero-order chi connectivity index (χ0) is 22.3. The molecule has 0 radical (unpaired) electrons. The number of amides is 2. The van der Waals surface area contributed by atoms with Crippen molar-refractivity contribution in [3.8, 4) is 0 Å². The van der Waals surface area contributed by atoms with Gasteiger partial charge in [0.15, 0.2) is 0 Å². The number of hydrogen-bond acceptors (Lipinski definition) is 3. The number of rotatable bonds is 4. The molecule has 1 aliphatic heterocycles. The Labute approximate surface area is 181 Å². The molecule has 0 bridgehead atoms. The van der Waals surface area contributed by atoms with Crippen molar-refractivity contribution in [2.24, 2.45) is 0 Å². The Kier molecular flexibility index (Phi) is 5.19. The predicted octanol–water partition coefficient (Wildman–Crippen LogP) is 5.46. The third-order valence-electron chi connectivity index (χ3n) is 5.45. The first-order chi connectivity index (χ1) is 14.8. The van der Waals surface area contributed by atoms with Crippen molar-refractivity contribution in [3.05, 3.63) is 100.0 Å². The van der Waals surface area contributed by atoms with Crippen LogP contribution in [-0.2, 0) is 9.59 Å². The van der Waals surface area contributed by atoms with Crippen molar-refractivity contribution < 1.29 is 14.0 Å². The predicted molar refractivity (Wildman–Crippen MR) is 121 cm³/mol. The van der Waals surface area contributed by atoms with Gasteiger partial charge in [-0.05, 0) is 68.7 Å². The van der Waals surface area contributed by atoms with Crippen molar-refractivity contribution >= 4 is 28.8 Å². The number of carbonyl (C=O) groups is 2. The second-order valence-electron chi connectivity index (χ2n) is 7.94. The van der Waals surface area contributed by atoms with Crippen LogP contribution in [-0.4, -0.2) is 11.8 Å². The largest absolute Gasteiger partial charge is 0.350 e. The summed E-state index contributed by atoms with van der Waals surface area (Å²) in [7, 11) is 0. The molecule has 3 aromatic carbocycles. The highest BCUT2D eigenvalue weighted by atomic mass is 19.1. The molecule has 2 amide bonds. The van der Waals surface area contributed by atoms with Gasteiger partial charge in [-0.2, -0.15) is 0 Å². The van der Waals surface area contributed by atoms with Crippen LogP contribution in [0.15, 0.2) is 66.4 Å². The number of hydrogen-bond donors (Lipinski definition) is 1. The molecule has 0 saturated heterocycles. The summed E-state index contributed by atoms with van der Waals surface area (Å²) < 4.78 is 13.5. The second-order valence-corrected chi connectivity index (χ2v) is 7.94. The monoisotopic (exact) mass is 414 g/mol. The van der Waals surface area contributed by atoms with Crippen LogP contribution in [0.1, 0.15) is 27.8 Å². The molecule has 0 spiro atoms. The highest BCUT2D eigenvalue weighted by molar-refractivity contribution is 6.46. The summed E-state index contributed by atoms with van der Waals surface area (Å²) in [5.41, 5.74) is 6.10. The maximum absolute atomic E-state index is 13.5. The first kappa shape index (κ1) is 20.5. The molecule has 1 N–H and O–H groups in total. The lowest BCUT2D eigenvalue weighted by Crippen LogP contribution is -2.33. The van der Waals surface area contributed by atoms with Gasteiger partial charge >= 0.3 is 0 Å². The van der Waals surface area contributed by atoms with Crippen LogP contribution in [0, 0.1) is 33.5 Å². The average molecular weight is 414 g/mol. The van der Waals surface area contributed by atoms with Crippen molar-refractivity contribution in [3.63, 3.8) is 0 Å². The molecular formula is C26H23FN2O2. The first-order valence-electron chi connectivity index (χ1n) is 10.1. The summed E-state index contributed by atoms with van der Waals surface area (Å²) in [5.74, 6) is -1.27. The zero-order valence-electron chi connectivity index (χ0n) is 17.9. The molecule has 0 unspecified atom stereocenters. The average Bonchev–Trinajstić information content (AvgIpc) is 2.95. The summed E-state index contributed by atoms with van der Waals surface area (Å²) in [4.78, 5) is 28.2. The Hall–Kier alpha value is -3.73. The number of benzene rings is 3. The van der Waals surface area contributed by atoms with E-state index in [0.717, 1.165) is 27.9 Å². The quantitative estimate of drug-likeness (QED) is 0.577. The molecule has 0 aliphatic carbocycles. The summed E-state index contributed by atoms with van der Waals surface area (Å²) in [6, 6.07) is 17.0.